The molecule has 0 spiro atoms. The molecule has 3 atom stereocenters. The average molecular weight is 402 g/mol. The molecule has 10 heteroatoms. The molecule has 0 aliphatic carbocycles. The van der Waals surface area contributed by atoms with E-state index in [1.807, 2.05) is 17.2 Å². The minimum atomic E-state index is -0.798. The molecule has 0 amide bonds. The number of rotatable bonds is 5. The van der Waals surface area contributed by atoms with Crippen LogP contribution in [-0.2, 0) is 6.54 Å². The summed E-state index contributed by atoms with van der Waals surface area (Å²) in [5.74, 6) is 0.224. The van der Waals surface area contributed by atoms with E-state index in [0.717, 1.165) is 11.1 Å². The highest BCUT2D eigenvalue weighted by Crippen LogP contribution is 2.27. The van der Waals surface area contributed by atoms with Crippen molar-refractivity contribution in [2.45, 2.75) is 24.8 Å². The monoisotopic (exact) mass is 402 g/mol. The van der Waals surface area contributed by atoms with Crippen LogP contribution in [-0.4, -0.2) is 68.2 Å². The predicted octanol–water partition coefficient (Wildman–Crippen LogP) is 0.485. The predicted molar refractivity (Wildman–Crippen MR) is 104 cm³/mol. The van der Waals surface area contributed by atoms with Gasteiger partial charge in [-0.3, -0.25) is 4.90 Å². The first-order chi connectivity index (χ1) is 14.0. The van der Waals surface area contributed by atoms with Gasteiger partial charge in [-0.05, 0) is 23.8 Å². The van der Waals surface area contributed by atoms with E-state index in [2.05, 4.69) is 15.4 Å². The molecule has 4 rings (SSSR count). The van der Waals surface area contributed by atoms with Crippen molar-refractivity contribution >= 4 is 17.0 Å². The Bertz CT molecular complexity index is 1000. The fourth-order valence-corrected chi connectivity index (χ4v) is 3.59. The number of halogens is 1. The van der Waals surface area contributed by atoms with Gasteiger partial charge in [0.15, 0.2) is 17.4 Å². The standard InChI is InChI=1S/C19H23FN6O3/c1-29-16-6-12(2-3-13(16)20)24-19-18-11(4-5-26(18)23-10-22-19)7-25-8-14(27)17(21)15(28)9-25/h2-6,10,14-15,17,27-28H,7-9,21H2,1H3,(H,22,23,24)/t14-,15+,17?. The fourth-order valence-electron chi connectivity index (χ4n) is 3.59. The number of nitrogens with two attached hydrogens (primary N) is 1. The summed E-state index contributed by atoms with van der Waals surface area (Å²) in [6, 6.07) is 5.73. The van der Waals surface area contributed by atoms with E-state index in [-0.39, 0.29) is 5.75 Å². The van der Waals surface area contributed by atoms with Crippen molar-refractivity contribution in [3.8, 4) is 5.75 Å². The Morgan fingerprint density at radius 3 is 2.76 bits per heavy atom. The van der Waals surface area contributed by atoms with Crippen molar-refractivity contribution < 1.29 is 19.3 Å². The first kappa shape index (κ1) is 19.5. The summed E-state index contributed by atoms with van der Waals surface area (Å²) in [6.07, 6.45) is 1.64. The number of aliphatic hydroxyl groups is 2. The summed E-state index contributed by atoms with van der Waals surface area (Å²) >= 11 is 0. The molecule has 3 aromatic rings. The number of aromatic nitrogens is 3. The first-order valence-corrected chi connectivity index (χ1v) is 9.22. The minimum Gasteiger partial charge on any atom is -0.494 e. The van der Waals surface area contributed by atoms with Crippen LogP contribution in [0.3, 0.4) is 0 Å². The molecule has 1 unspecified atom stereocenters. The van der Waals surface area contributed by atoms with Crippen LogP contribution >= 0.6 is 0 Å². The number of anilines is 2. The zero-order chi connectivity index (χ0) is 20.5. The molecule has 5 N–H and O–H groups in total. The molecule has 2 aromatic heterocycles. The number of ether oxygens (including phenoxy) is 1. The highest BCUT2D eigenvalue weighted by atomic mass is 19.1. The van der Waals surface area contributed by atoms with E-state index < -0.39 is 24.1 Å². The van der Waals surface area contributed by atoms with Crippen molar-refractivity contribution in [2.75, 3.05) is 25.5 Å². The van der Waals surface area contributed by atoms with Crippen LogP contribution < -0.4 is 15.8 Å². The van der Waals surface area contributed by atoms with E-state index >= 15 is 0 Å². The molecule has 0 radical (unpaired) electrons. The quantitative estimate of drug-likeness (QED) is 0.486. The molecule has 1 fully saturated rings. The van der Waals surface area contributed by atoms with Gasteiger partial charge in [0.2, 0.25) is 0 Å². The number of nitrogens with one attached hydrogen (secondary N) is 1. The van der Waals surface area contributed by atoms with Crippen LogP contribution in [0.5, 0.6) is 5.75 Å². The lowest BCUT2D eigenvalue weighted by atomic mass is 9.99. The van der Waals surface area contributed by atoms with Crippen molar-refractivity contribution in [3.63, 3.8) is 0 Å². The Balaban J connectivity index is 1.62. The molecule has 1 saturated heterocycles. The number of fused-ring (bicyclic) bond motifs is 1. The Labute approximate surface area is 166 Å². The molecule has 0 bridgehead atoms. The SMILES string of the molecule is COc1cc(Nc2ncnn3ccc(CN4C[C@@H](O)C(N)[C@@H](O)C4)c23)ccc1F. The van der Waals surface area contributed by atoms with Crippen LogP contribution in [0.4, 0.5) is 15.9 Å². The summed E-state index contributed by atoms with van der Waals surface area (Å²) in [5.41, 5.74) is 8.07. The summed E-state index contributed by atoms with van der Waals surface area (Å²) in [7, 11) is 1.41. The van der Waals surface area contributed by atoms with Crippen molar-refractivity contribution in [1.29, 1.82) is 0 Å². The second kappa shape index (κ2) is 7.91. The molecule has 29 heavy (non-hydrogen) atoms. The number of β-amino-alcohol motifs (C(OH)–C–C–N with tert-alkyl or cyclic N) is 2. The lowest BCUT2D eigenvalue weighted by Gasteiger charge is -2.37. The molecule has 0 saturated carbocycles. The smallest absolute Gasteiger partial charge is 0.165 e. The Morgan fingerprint density at radius 1 is 1.28 bits per heavy atom. The topological polar surface area (TPSA) is 121 Å². The number of hydrogen-bond acceptors (Lipinski definition) is 8. The minimum absolute atomic E-state index is 0.128. The van der Waals surface area contributed by atoms with Gasteiger partial charge in [0.05, 0.1) is 25.4 Å². The number of hydrogen-bond donors (Lipinski definition) is 4. The highest BCUT2D eigenvalue weighted by molar-refractivity contribution is 5.76. The lowest BCUT2D eigenvalue weighted by molar-refractivity contribution is -0.0289. The van der Waals surface area contributed by atoms with Crippen molar-refractivity contribution in [3.05, 3.63) is 48.2 Å². The van der Waals surface area contributed by atoms with Gasteiger partial charge in [0, 0.05) is 37.6 Å². The molecule has 1 aliphatic heterocycles. The number of benzene rings is 1. The maximum atomic E-state index is 13.7. The number of likely N-dealkylation sites (tertiary alicyclic amines) is 1. The van der Waals surface area contributed by atoms with Crippen molar-refractivity contribution in [1.82, 2.24) is 19.5 Å². The van der Waals surface area contributed by atoms with E-state index in [4.69, 9.17) is 10.5 Å². The van der Waals surface area contributed by atoms with Gasteiger partial charge in [-0.15, -0.1) is 0 Å². The molecule has 9 nitrogen and oxygen atoms in total. The van der Waals surface area contributed by atoms with Crippen LogP contribution in [0, 0.1) is 5.82 Å². The number of piperidine rings is 1. The van der Waals surface area contributed by atoms with E-state index in [1.54, 1.807) is 16.6 Å². The lowest BCUT2D eigenvalue weighted by Crippen LogP contribution is -2.58. The average Bonchev–Trinajstić information content (AvgIpc) is 3.11. The molecular formula is C19H23FN6O3. The third kappa shape index (κ3) is 3.87. The van der Waals surface area contributed by atoms with E-state index in [9.17, 15) is 14.6 Å². The summed E-state index contributed by atoms with van der Waals surface area (Å²) in [5, 5.41) is 27.6. The van der Waals surface area contributed by atoms with E-state index in [1.165, 1.54) is 19.5 Å². The third-order valence-corrected chi connectivity index (χ3v) is 5.12. The zero-order valence-electron chi connectivity index (χ0n) is 15.9. The molecule has 154 valence electrons. The van der Waals surface area contributed by atoms with Gasteiger partial charge < -0.3 is 26.0 Å². The maximum Gasteiger partial charge on any atom is 0.165 e. The van der Waals surface area contributed by atoms with Crippen LogP contribution in [0.25, 0.3) is 5.52 Å². The summed E-state index contributed by atoms with van der Waals surface area (Å²) in [6.45, 7) is 1.20. The second-order valence-electron chi connectivity index (χ2n) is 7.12. The Morgan fingerprint density at radius 2 is 2.03 bits per heavy atom. The van der Waals surface area contributed by atoms with E-state index in [0.29, 0.717) is 31.1 Å². The number of aliphatic hydroxyl groups excluding tert-OH is 2. The number of nitrogens with zero attached hydrogens (tertiary/aromatic N) is 4. The first-order valence-electron chi connectivity index (χ1n) is 9.22. The van der Waals surface area contributed by atoms with Crippen LogP contribution in [0.15, 0.2) is 36.8 Å². The Hall–Kier alpha value is -2.79. The van der Waals surface area contributed by atoms with Gasteiger partial charge in [-0.25, -0.2) is 13.9 Å². The van der Waals surface area contributed by atoms with Gasteiger partial charge >= 0.3 is 0 Å². The molecule has 1 aliphatic rings. The second-order valence-corrected chi connectivity index (χ2v) is 7.12. The van der Waals surface area contributed by atoms with Crippen molar-refractivity contribution in [2.24, 2.45) is 5.73 Å². The largest absolute Gasteiger partial charge is 0.494 e. The molecule has 3 heterocycles. The zero-order valence-corrected chi connectivity index (χ0v) is 15.9. The van der Waals surface area contributed by atoms with Gasteiger partial charge in [-0.2, -0.15) is 5.10 Å². The maximum absolute atomic E-state index is 13.7. The Kier molecular flexibility index (Phi) is 5.33. The number of methoxy groups -OCH3 is 1. The molecular weight excluding hydrogens is 379 g/mol. The van der Waals surface area contributed by atoms with Gasteiger partial charge in [0.25, 0.3) is 0 Å². The highest BCUT2D eigenvalue weighted by Gasteiger charge is 2.32. The van der Waals surface area contributed by atoms with Gasteiger partial charge in [0.1, 0.15) is 11.8 Å². The summed E-state index contributed by atoms with van der Waals surface area (Å²) in [4.78, 5) is 6.27. The molecule has 1 aromatic carbocycles. The summed E-state index contributed by atoms with van der Waals surface area (Å²) < 4.78 is 20.4. The third-order valence-electron chi connectivity index (χ3n) is 5.12. The normalized spacial score (nSPS) is 22.7. The van der Waals surface area contributed by atoms with Crippen LogP contribution in [0.1, 0.15) is 5.56 Å². The fraction of sp³-hybridized carbons (Fsp3) is 0.368. The van der Waals surface area contributed by atoms with Crippen LogP contribution in [0.2, 0.25) is 0 Å². The van der Waals surface area contributed by atoms with Gasteiger partial charge in [-0.1, -0.05) is 0 Å².